The first-order valence-electron chi connectivity index (χ1n) is 4.90. The van der Waals surface area contributed by atoms with Crippen molar-refractivity contribution in [2.45, 2.75) is 46.1 Å². The lowest BCUT2D eigenvalue weighted by molar-refractivity contribution is -0.123. The van der Waals surface area contributed by atoms with Gasteiger partial charge in [0.05, 0.1) is 0 Å². The molecule has 4 heteroatoms. The fourth-order valence-electron chi connectivity index (χ4n) is 1.38. The van der Waals surface area contributed by atoms with Crippen LogP contribution in [0.4, 0.5) is 0 Å². The van der Waals surface area contributed by atoms with E-state index in [9.17, 15) is 4.79 Å². The molecule has 1 unspecified atom stereocenters. The van der Waals surface area contributed by atoms with Gasteiger partial charge in [0.2, 0.25) is 0 Å². The van der Waals surface area contributed by atoms with Gasteiger partial charge in [-0.3, -0.25) is 10.1 Å². The molecule has 0 aromatic heterocycles. The van der Waals surface area contributed by atoms with E-state index >= 15 is 0 Å². The summed E-state index contributed by atoms with van der Waals surface area (Å²) < 4.78 is 0. The molecule has 0 spiro atoms. The molecule has 3 N–H and O–H groups in total. The molecule has 1 rings (SSSR count). The number of hydrogen-bond donors (Lipinski definition) is 2. The van der Waals surface area contributed by atoms with Crippen LogP contribution in [0.3, 0.4) is 0 Å². The van der Waals surface area contributed by atoms with Crippen LogP contribution in [-0.2, 0) is 4.79 Å². The largest absolute Gasteiger partial charge is 0.370 e. The molecule has 0 radical (unpaired) electrons. The van der Waals surface area contributed by atoms with E-state index in [1.54, 1.807) is 0 Å². The Labute approximate surface area is 85.0 Å². The molecule has 0 aromatic rings. The van der Waals surface area contributed by atoms with Crippen LogP contribution < -0.4 is 11.1 Å². The molecular weight excluding hydrogens is 178 g/mol. The molecule has 1 atom stereocenters. The van der Waals surface area contributed by atoms with Crippen molar-refractivity contribution in [3.8, 4) is 0 Å². The highest BCUT2D eigenvalue weighted by atomic mass is 16.2. The number of carbonyl (C=O) groups excluding carboxylic acids is 1. The molecule has 0 saturated carbocycles. The van der Waals surface area contributed by atoms with Crippen molar-refractivity contribution >= 4 is 11.9 Å². The number of nitrogens with one attached hydrogen (secondary N) is 1. The summed E-state index contributed by atoms with van der Waals surface area (Å²) in [7, 11) is 0. The number of nitrogens with two attached hydrogens (primary N) is 1. The van der Waals surface area contributed by atoms with Gasteiger partial charge in [-0.05, 0) is 25.2 Å². The van der Waals surface area contributed by atoms with Gasteiger partial charge in [0.15, 0.2) is 5.96 Å². The van der Waals surface area contributed by atoms with E-state index in [2.05, 4.69) is 31.1 Å². The molecule has 1 aliphatic heterocycles. The van der Waals surface area contributed by atoms with Crippen LogP contribution in [0.1, 0.15) is 40.5 Å². The monoisotopic (exact) mass is 197 g/mol. The third-order valence-corrected chi connectivity index (χ3v) is 2.46. The Morgan fingerprint density at radius 1 is 1.50 bits per heavy atom. The zero-order chi connectivity index (χ0) is 11.0. The second-order valence-electron chi connectivity index (χ2n) is 5.29. The summed E-state index contributed by atoms with van der Waals surface area (Å²) in [4.78, 5) is 15.7. The van der Waals surface area contributed by atoms with Crippen molar-refractivity contribution in [3.05, 3.63) is 0 Å². The van der Waals surface area contributed by atoms with Gasteiger partial charge >= 0.3 is 0 Å². The summed E-state index contributed by atoms with van der Waals surface area (Å²) in [5, 5.41) is 2.53. The van der Waals surface area contributed by atoms with Gasteiger partial charge in [-0.1, -0.05) is 20.8 Å². The second kappa shape index (κ2) is 3.26. The zero-order valence-corrected chi connectivity index (χ0v) is 9.35. The van der Waals surface area contributed by atoms with Gasteiger partial charge in [-0.25, -0.2) is 4.99 Å². The van der Waals surface area contributed by atoms with Crippen molar-refractivity contribution in [2.24, 2.45) is 16.1 Å². The van der Waals surface area contributed by atoms with Gasteiger partial charge in [0, 0.05) is 0 Å². The lowest BCUT2D eigenvalue weighted by atomic mass is 9.84. The molecule has 0 fully saturated rings. The zero-order valence-electron chi connectivity index (χ0n) is 9.35. The lowest BCUT2D eigenvalue weighted by Crippen LogP contribution is -2.39. The fourth-order valence-corrected chi connectivity index (χ4v) is 1.38. The van der Waals surface area contributed by atoms with Crippen LogP contribution >= 0.6 is 0 Å². The third-order valence-electron chi connectivity index (χ3n) is 2.46. The predicted octanol–water partition coefficient (Wildman–Crippen LogP) is 1.02. The van der Waals surface area contributed by atoms with E-state index < -0.39 is 5.54 Å². The quantitative estimate of drug-likeness (QED) is 0.694. The molecule has 1 amide bonds. The molecule has 0 aliphatic carbocycles. The van der Waals surface area contributed by atoms with Crippen molar-refractivity contribution in [2.75, 3.05) is 0 Å². The van der Waals surface area contributed by atoms with E-state index in [0.717, 1.165) is 12.8 Å². The highest BCUT2D eigenvalue weighted by Crippen LogP contribution is 2.29. The number of guanidine groups is 1. The number of carbonyl (C=O) groups is 1. The SMILES string of the molecule is CC(C)(C)CCC1(C)N=C(N)NC1=O. The molecule has 4 nitrogen and oxygen atoms in total. The van der Waals surface area contributed by atoms with Crippen LogP contribution in [0.25, 0.3) is 0 Å². The Balaban J connectivity index is 2.64. The van der Waals surface area contributed by atoms with Crippen molar-refractivity contribution in [3.63, 3.8) is 0 Å². The van der Waals surface area contributed by atoms with E-state index in [1.807, 2.05) is 6.92 Å². The Morgan fingerprint density at radius 3 is 2.43 bits per heavy atom. The van der Waals surface area contributed by atoms with Crippen LogP contribution in [0.2, 0.25) is 0 Å². The maximum Gasteiger partial charge on any atom is 0.254 e. The average Bonchev–Trinajstić information content (AvgIpc) is 2.22. The first kappa shape index (κ1) is 11.0. The second-order valence-corrected chi connectivity index (χ2v) is 5.29. The van der Waals surface area contributed by atoms with Gasteiger partial charge in [-0.2, -0.15) is 0 Å². The summed E-state index contributed by atoms with van der Waals surface area (Å²) in [6.45, 7) is 8.27. The first-order chi connectivity index (χ1) is 6.23. The van der Waals surface area contributed by atoms with Crippen LogP contribution in [-0.4, -0.2) is 17.4 Å². The minimum atomic E-state index is -0.655. The van der Waals surface area contributed by atoms with Crippen molar-refractivity contribution in [1.29, 1.82) is 0 Å². The number of aliphatic imine (C=N–C) groups is 1. The summed E-state index contributed by atoms with van der Waals surface area (Å²) in [6.07, 6.45) is 1.69. The van der Waals surface area contributed by atoms with Gasteiger partial charge in [-0.15, -0.1) is 0 Å². The summed E-state index contributed by atoms with van der Waals surface area (Å²) in [5.41, 5.74) is 5.02. The van der Waals surface area contributed by atoms with Crippen LogP contribution in [0.15, 0.2) is 4.99 Å². The highest BCUT2D eigenvalue weighted by molar-refractivity contribution is 6.06. The Kier molecular flexibility index (Phi) is 2.56. The molecule has 0 bridgehead atoms. The summed E-state index contributed by atoms with van der Waals surface area (Å²) in [5.74, 6) is 0.158. The Hall–Kier alpha value is -1.06. The summed E-state index contributed by atoms with van der Waals surface area (Å²) in [6, 6.07) is 0. The Morgan fingerprint density at radius 2 is 2.07 bits per heavy atom. The van der Waals surface area contributed by atoms with Crippen LogP contribution in [0.5, 0.6) is 0 Å². The normalized spacial score (nSPS) is 27.4. The standard InChI is InChI=1S/C10H19N3O/c1-9(2,3)5-6-10(4)7(14)12-8(11)13-10/h5-6H2,1-4H3,(H3,11,12,13,14). The molecule has 80 valence electrons. The maximum absolute atomic E-state index is 11.5. The predicted molar refractivity (Wildman–Crippen MR) is 56.9 cm³/mol. The molecule has 0 aromatic carbocycles. The highest BCUT2D eigenvalue weighted by Gasteiger charge is 2.38. The smallest absolute Gasteiger partial charge is 0.254 e. The number of rotatable bonds is 2. The van der Waals surface area contributed by atoms with Gasteiger partial charge in [0.25, 0.3) is 5.91 Å². The third kappa shape index (κ3) is 2.47. The fraction of sp³-hybridized carbons (Fsp3) is 0.800. The minimum absolute atomic E-state index is 0.0840. The minimum Gasteiger partial charge on any atom is -0.370 e. The molecule has 0 saturated heterocycles. The lowest BCUT2D eigenvalue weighted by Gasteiger charge is -2.24. The van der Waals surface area contributed by atoms with Crippen LogP contribution in [0, 0.1) is 5.41 Å². The summed E-state index contributed by atoms with van der Waals surface area (Å²) >= 11 is 0. The molecule has 14 heavy (non-hydrogen) atoms. The Bertz CT molecular complexity index is 278. The molecule has 1 aliphatic rings. The number of nitrogens with zero attached hydrogens (tertiary/aromatic N) is 1. The van der Waals surface area contributed by atoms with Gasteiger partial charge < -0.3 is 5.73 Å². The molecule has 1 heterocycles. The topological polar surface area (TPSA) is 67.5 Å². The number of amides is 1. The maximum atomic E-state index is 11.5. The van der Waals surface area contributed by atoms with E-state index in [-0.39, 0.29) is 17.3 Å². The van der Waals surface area contributed by atoms with E-state index in [4.69, 9.17) is 5.73 Å². The number of hydrogen-bond acceptors (Lipinski definition) is 3. The average molecular weight is 197 g/mol. The van der Waals surface area contributed by atoms with E-state index in [1.165, 1.54) is 0 Å². The first-order valence-corrected chi connectivity index (χ1v) is 4.90. The van der Waals surface area contributed by atoms with Gasteiger partial charge in [0.1, 0.15) is 5.54 Å². The van der Waals surface area contributed by atoms with Crippen molar-refractivity contribution < 1.29 is 4.79 Å². The van der Waals surface area contributed by atoms with Crippen molar-refractivity contribution in [1.82, 2.24) is 5.32 Å². The van der Waals surface area contributed by atoms with E-state index in [0.29, 0.717) is 0 Å². The molecular formula is C10H19N3O.